The van der Waals surface area contributed by atoms with Gasteiger partial charge in [-0.05, 0) is 12.8 Å². The van der Waals surface area contributed by atoms with Gasteiger partial charge in [-0.25, -0.2) is 0 Å². The molecular weight excluding hydrogens is 522 g/mol. The van der Waals surface area contributed by atoms with Gasteiger partial charge in [-0.3, -0.25) is 11.5 Å². The van der Waals surface area contributed by atoms with Crippen molar-refractivity contribution in [2.45, 2.75) is 232 Å². The first-order valence-corrected chi connectivity index (χ1v) is 18.9. The lowest BCUT2D eigenvalue weighted by atomic mass is 10.0. The van der Waals surface area contributed by atoms with Crippen LogP contribution in [0.25, 0.3) is 0 Å². The molecule has 0 fully saturated rings. The topological polar surface area (TPSA) is 90.6 Å². The first-order valence-electron chi connectivity index (χ1n) is 18.9. The summed E-state index contributed by atoms with van der Waals surface area (Å²) in [7, 11) is 0. The molecular formula is C36H76N3O3+. The van der Waals surface area contributed by atoms with Gasteiger partial charge in [0.25, 0.3) is 0 Å². The van der Waals surface area contributed by atoms with Crippen LogP contribution in [-0.2, 0) is 9.68 Å². The Morgan fingerprint density at radius 2 is 0.571 bits per heavy atom. The maximum atomic E-state index is 11.9. The van der Waals surface area contributed by atoms with Crippen LogP contribution in [0.1, 0.15) is 219 Å². The maximum absolute atomic E-state index is 11.9. The molecule has 0 saturated carbocycles. The highest BCUT2D eigenvalue weighted by Gasteiger charge is 2.22. The molecule has 0 aliphatic carbocycles. The average molecular weight is 599 g/mol. The summed E-state index contributed by atoms with van der Waals surface area (Å²) in [6.07, 6.45) is 39.9. The molecule has 0 aliphatic heterocycles. The summed E-state index contributed by atoms with van der Waals surface area (Å²) in [4.78, 5) is 22.1. The molecule has 0 bridgehead atoms. The van der Waals surface area contributed by atoms with Crippen LogP contribution in [0, 0.1) is 4.91 Å². The van der Waals surface area contributed by atoms with Gasteiger partial charge in [0.2, 0.25) is 12.5 Å². The van der Waals surface area contributed by atoms with E-state index >= 15 is 0 Å². The van der Waals surface area contributed by atoms with E-state index < -0.39 is 12.5 Å². The Kier molecular flexibility index (Phi) is 33.9. The normalized spacial score (nSPS) is 12.9. The molecule has 42 heavy (non-hydrogen) atoms. The Labute approximate surface area is 262 Å². The van der Waals surface area contributed by atoms with Crippen LogP contribution in [0.4, 0.5) is 0 Å². The van der Waals surface area contributed by atoms with E-state index in [4.69, 9.17) is 21.1 Å². The quantitative estimate of drug-likeness (QED) is 0.0425. The third kappa shape index (κ3) is 33.6. The standard InChI is InChI=1S/C36H76N3O3/c1-3-5-7-9-11-13-15-17-19-21-23-25-27-29-31-33-35(37)41-39(40)42-36(38)34-32-30-28-26-24-22-20-18-16-14-12-10-8-6-4-2/h35-36H,3-34,37-38H2,1-2H3/q+1. The summed E-state index contributed by atoms with van der Waals surface area (Å²) in [5, 5.41) is 0.131. The van der Waals surface area contributed by atoms with Crippen molar-refractivity contribution in [2.24, 2.45) is 11.5 Å². The summed E-state index contributed by atoms with van der Waals surface area (Å²) in [5.41, 5.74) is 11.9. The summed E-state index contributed by atoms with van der Waals surface area (Å²) in [5.74, 6) is 0. The highest BCUT2D eigenvalue weighted by molar-refractivity contribution is 4.53. The van der Waals surface area contributed by atoms with Crippen molar-refractivity contribution in [2.75, 3.05) is 0 Å². The minimum Gasteiger partial charge on any atom is -0.290 e. The molecule has 0 radical (unpaired) electrons. The first-order chi connectivity index (χ1) is 20.6. The summed E-state index contributed by atoms with van der Waals surface area (Å²) < 4.78 is 0. The Morgan fingerprint density at radius 3 is 0.786 bits per heavy atom. The molecule has 0 aromatic rings. The van der Waals surface area contributed by atoms with Gasteiger partial charge in [0.05, 0.1) is 0 Å². The van der Waals surface area contributed by atoms with Crippen LogP contribution in [0.5, 0.6) is 0 Å². The van der Waals surface area contributed by atoms with Gasteiger partial charge in [-0.15, -0.1) is 0 Å². The third-order valence-electron chi connectivity index (χ3n) is 8.63. The van der Waals surface area contributed by atoms with Gasteiger partial charge >= 0.3 is 5.09 Å². The van der Waals surface area contributed by atoms with Gasteiger partial charge in [0.1, 0.15) is 4.91 Å². The predicted octanol–water partition coefficient (Wildman–Crippen LogP) is 11.7. The third-order valence-corrected chi connectivity index (χ3v) is 8.63. The molecule has 0 aliphatic rings. The SMILES string of the molecule is CCCCCCCCCCCCCCCCCC(N)O[N+](=O)OC(N)CCCCCCCCCCCCCCCCC. The van der Waals surface area contributed by atoms with Crippen molar-refractivity contribution >= 4 is 0 Å². The second-order valence-electron chi connectivity index (χ2n) is 13.0. The molecule has 0 aromatic heterocycles. The van der Waals surface area contributed by atoms with E-state index in [1.165, 1.54) is 167 Å². The maximum Gasteiger partial charge on any atom is 0.480 e. The van der Waals surface area contributed by atoms with Crippen molar-refractivity contribution in [1.82, 2.24) is 0 Å². The van der Waals surface area contributed by atoms with Crippen molar-refractivity contribution in [3.05, 3.63) is 4.91 Å². The zero-order valence-corrected chi connectivity index (χ0v) is 28.6. The Balaban J connectivity index is 3.38. The lowest BCUT2D eigenvalue weighted by Gasteiger charge is -2.08. The van der Waals surface area contributed by atoms with Crippen LogP contribution in [0.3, 0.4) is 0 Å². The molecule has 0 amide bonds. The molecule has 4 N–H and O–H groups in total. The second kappa shape index (κ2) is 34.6. The number of hydrogen-bond acceptors (Lipinski definition) is 5. The van der Waals surface area contributed by atoms with Crippen LogP contribution >= 0.6 is 0 Å². The highest BCUT2D eigenvalue weighted by atomic mass is 17.0. The van der Waals surface area contributed by atoms with E-state index in [-0.39, 0.29) is 5.09 Å². The van der Waals surface area contributed by atoms with Crippen LogP contribution in [-0.4, -0.2) is 17.5 Å². The molecule has 2 unspecified atom stereocenters. The lowest BCUT2D eigenvalue weighted by molar-refractivity contribution is -0.992. The molecule has 0 spiro atoms. The van der Waals surface area contributed by atoms with E-state index in [0.29, 0.717) is 12.8 Å². The summed E-state index contributed by atoms with van der Waals surface area (Å²) in [6, 6.07) is 0. The monoisotopic (exact) mass is 599 g/mol. The fourth-order valence-corrected chi connectivity index (χ4v) is 5.79. The molecule has 0 rings (SSSR count). The average Bonchev–Trinajstić information content (AvgIpc) is 2.97. The number of rotatable bonds is 36. The van der Waals surface area contributed by atoms with Crippen molar-refractivity contribution in [3.63, 3.8) is 0 Å². The zero-order valence-electron chi connectivity index (χ0n) is 28.6. The molecule has 252 valence electrons. The first kappa shape index (κ1) is 41.1. The van der Waals surface area contributed by atoms with E-state index in [1.54, 1.807) is 0 Å². The molecule has 6 heteroatoms. The Hall–Kier alpha value is -0.880. The van der Waals surface area contributed by atoms with E-state index in [1.807, 2.05) is 0 Å². The van der Waals surface area contributed by atoms with Crippen LogP contribution in [0.2, 0.25) is 0 Å². The smallest absolute Gasteiger partial charge is 0.290 e. The van der Waals surface area contributed by atoms with Crippen molar-refractivity contribution in [3.8, 4) is 0 Å². The molecule has 6 nitrogen and oxygen atoms in total. The van der Waals surface area contributed by atoms with Gasteiger partial charge in [-0.1, -0.05) is 194 Å². The van der Waals surface area contributed by atoms with E-state index in [0.717, 1.165) is 25.7 Å². The fourth-order valence-electron chi connectivity index (χ4n) is 5.79. The van der Waals surface area contributed by atoms with Gasteiger partial charge in [0, 0.05) is 12.8 Å². The summed E-state index contributed by atoms with van der Waals surface area (Å²) >= 11 is 0. The predicted molar refractivity (Wildman–Crippen MR) is 181 cm³/mol. The molecule has 0 aromatic carbocycles. The Bertz CT molecular complexity index is 491. The van der Waals surface area contributed by atoms with Gasteiger partial charge in [0.15, 0.2) is 0 Å². The largest absolute Gasteiger partial charge is 0.480 e. The molecule has 0 heterocycles. The summed E-state index contributed by atoms with van der Waals surface area (Å²) in [6.45, 7) is 4.56. The molecule has 2 atom stereocenters. The lowest BCUT2D eigenvalue weighted by Crippen LogP contribution is -2.34. The van der Waals surface area contributed by atoms with Gasteiger partial charge in [-0.2, -0.15) is 9.68 Å². The van der Waals surface area contributed by atoms with Crippen LogP contribution in [0.15, 0.2) is 0 Å². The Morgan fingerprint density at radius 1 is 0.381 bits per heavy atom. The highest BCUT2D eigenvalue weighted by Crippen LogP contribution is 2.16. The van der Waals surface area contributed by atoms with E-state index in [2.05, 4.69) is 13.8 Å². The van der Waals surface area contributed by atoms with Crippen LogP contribution < -0.4 is 11.5 Å². The minimum absolute atomic E-state index is 0.131. The number of nitrogens with two attached hydrogens (primary N) is 2. The number of nitrogens with zero attached hydrogens (tertiary/aromatic N) is 1. The number of hydrogen-bond donors (Lipinski definition) is 2. The zero-order chi connectivity index (χ0) is 30.8. The van der Waals surface area contributed by atoms with E-state index in [9.17, 15) is 4.91 Å². The van der Waals surface area contributed by atoms with Crippen molar-refractivity contribution in [1.29, 1.82) is 0 Å². The van der Waals surface area contributed by atoms with Crippen molar-refractivity contribution < 1.29 is 14.8 Å². The molecule has 0 saturated heterocycles. The number of unbranched alkanes of at least 4 members (excludes halogenated alkanes) is 28. The minimum atomic E-state index is -0.637. The second-order valence-corrected chi connectivity index (χ2v) is 13.0. The fraction of sp³-hybridized carbons (Fsp3) is 1.00. The van der Waals surface area contributed by atoms with Gasteiger partial charge < -0.3 is 0 Å².